The van der Waals surface area contributed by atoms with Crippen molar-refractivity contribution in [3.05, 3.63) is 70.3 Å². The first-order chi connectivity index (χ1) is 11.6. The van der Waals surface area contributed by atoms with E-state index in [2.05, 4.69) is 0 Å². The summed E-state index contributed by atoms with van der Waals surface area (Å²) >= 11 is 0. The van der Waals surface area contributed by atoms with Crippen LogP contribution in [-0.2, 0) is 4.79 Å². The Hall–Kier alpha value is -2.89. The van der Waals surface area contributed by atoms with Crippen molar-refractivity contribution < 1.29 is 14.5 Å². The maximum atomic E-state index is 12.5. The Morgan fingerprint density at radius 3 is 2.54 bits per heavy atom. The van der Waals surface area contributed by atoms with Gasteiger partial charge in [-0.2, -0.15) is 0 Å². The number of benzene rings is 2. The molecule has 0 bridgehead atoms. The Kier molecular flexibility index (Phi) is 4.74. The minimum Gasteiger partial charge on any atom is -0.484 e. The van der Waals surface area contributed by atoms with E-state index >= 15 is 0 Å². The second-order valence-corrected chi connectivity index (χ2v) is 5.70. The van der Waals surface area contributed by atoms with Crippen LogP contribution >= 0.6 is 0 Å². The molecular weight excluding hydrogens is 308 g/mol. The van der Waals surface area contributed by atoms with Crippen LogP contribution in [0, 0.1) is 10.1 Å². The molecule has 1 amide bonds. The number of hydrogen-bond donors (Lipinski definition) is 0. The largest absolute Gasteiger partial charge is 0.484 e. The molecule has 24 heavy (non-hydrogen) atoms. The minimum atomic E-state index is -0.469. The number of nitro benzene ring substituents is 1. The number of amides is 1. The van der Waals surface area contributed by atoms with Crippen LogP contribution in [0.5, 0.6) is 5.75 Å². The monoisotopic (exact) mass is 326 g/mol. The summed E-state index contributed by atoms with van der Waals surface area (Å²) in [6, 6.07) is 15.8. The van der Waals surface area contributed by atoms with Crippen molar-refractivity contribution in [2.24, 2.45) is 0 Å². The molecule has 1 fully saturated rings. The molecule has 0 aliphatic carbocycles. The van der Waals surface area contributed by atoms with Crippen LogP contribution < -0.4 is 4.74 Å². The lowest BCUT2D eigenvalue weighted by molar-refractivity contribution is -0.384. The molecule has 6 nitrogen and oxygen atoms in total. The zero-order valence-corrected chi connectivity index (χ0v) is 13.1. The molecule has 1 atom stereocenters. The van der Waals surface area contributed by atoms with E-state index < -0.39 is 4.92 Å². The second kappa shape index (κ2) is 7.12. The van der Waals surface area contributed by atoms with Gasteiger partial charge in [0.1, 0.15) is 5.75 Å². The van der Waals surface area contributed by atoms with Gasteiger partial charge in [0.15, 0.2) is 6.61 Å². The number of hydrogen-bond acceptors (Lipinski definition) is 4. The third-order valence-corrected chi connectivity index (χ3v) is 4.17. The summed E-state index contributed by atoms with van der Waals surface area (Å²) in [7, 11) is 0. The van der Waals surface area contributed by atoms with Gasteiger partial charge in [0.05, 0.1) is 11.0 Å². The fourth-order valence-electron chi connectivity index (χ4n) is 2.98. The summed E-state index contributed by atoms with van der Waals surface area (Å²) in [6.07, 6.45) is 1.93. The predicted octanol–water partition coefficient (Wildman–Crippen LogP) is 3.34. The minimum absolute atomic E-state index is 0.00244. The van der Waals surface area contributed by atoms with Gasteiger partial charge in [0.25, 0.3) is 11.6 Å². The highest BCUT2D eigenvalue weighted by atomic mass is 16.6. The number of ether oxygens (including phenoxy) is 1. The summed E-state index contributed by atoms with van der Waals surface area (Å²) in [5, 5.41) is 10.6. The van der Waals surface area contributed by atoms with E-state index in [1.54, 1.807) is 0 Å². The zero-order valence-electron chi connectivity index (χ0n) is 13.1. The fraction of sp³-hybridized carbons (Fsp3) is 0.278. The Morgan fingerprint density at radius 2 is 1.88 bits per heavy atom. The zero-order chi connectivity index (χ0) is 16.9. The molecule has 0 unspecified atom stereocenters. The number of rotatable bonds is 5. The number of carbonyl (C=O) groups is 1. The molecule has 1 aliphatic heterocycles. The van der Waals surface area contributed by atoms with Gasteiger partial charge in [-0.15, -0.1) is 0 Å². The van der Waals surface area contributed by atoms with Crippen LogP contribution in [0.15, 0.2) is 54.6 Å². The Balaban J connectivity index is 1.61. The normalized spacial score (nSPS) is 16.8. The maximum Gasteiger partial charge on any atom is 0.269 e. The quantitative estimate of drug-likeness (QED) is 0.624. The summed E-state index contributed by atoms with van der Waals surface area (Å²) in [6.45, 7) is 0.656. The van der Waals surface area contributed by atoms with Gasteiger partial charge in [-0.3, -0.25) is 14.9 Å². The van der Waals surface area contributed by atoms with E-state index in [1.807, 2.05) is 35.2 Å². The number of carbonyl (C=O) groups excluding carboxylic acids is 1. The molecule has 124 valence electrons. The van der Waals surface area contributed by atoms with E-state index in [1.165, 1.54) is 24.3 Å². The molecule has 1 aliphatic rings. The van der Waals surface area contributed by atoms with Crippen LogP contribution in [0.1, 0.15) is 24.4 Å². The van der Waals surface area contributed by atoms with Crippen molar-refractivity contribution in [3.63, 3.8) is 0 Å². The van der Waals surface area contributed by atoms with Crippen molar-refractivity contribution >= 4 is 11.6 Å². The third-order valence-electron chi connectivity index (χ3n) is 4.17. The highest BCUT2D eigenvalue weighted by Gasteiger charge is 2.29. The summed E-state index contributed by atoms with van der Waals surface area (Å²) in [4.78, 5) is 24.5. The van der Waals surface area contributed by atoms with Crippen molar-refractivity contribution in [3.8, 4) is 5.75 Å². The molecule has 6 heteroatoms. The molecule has 1 heterocycles. The Bertz CT molecular complexity index is 716. The van der Waals surface area contributed by atoms with Crippen molar-refractivity contribution in [2.45, 2.75) is 18.9 Å². The fourth-order valence-corrected chi connectivity index (χ4v) is 2.98. The molecule has 1 saturated heterocycles. The van der Waals surface area contributed by atoms with Crippen molar-refractivity contribution in [2.75, 3.05) is 13.2 Å². The van der Waals surface area contributed by atoms with Crippen LogP contribution in [0.3, 0.4) is 0 Å². The van der Waals surface area contributed by atoms with Crippen LogP contribution in [-0.4, -0.2) is 28.9 Å². The third kappa shape index (κ3) is 3.53. The van der Waals surface area contributed by atoms with Gasteiger partial charge in [-0.25, -0.2) is 0 Å². The van der Waals surface area contributed by atoms with E-state index in [9.17, 15) is 14.9 Å². The summed E-state index contributed by atoms with van der Waals surface area (Å²) in [5.74, 6) is 0.379. The van der Waals surface area contributed by atoms with Gasteiger partial charge in [0.2, 0.25) is 0 Å². The number of non-ortho nitro benzene ring substituents is 1. The first-order valence-electron chi connectivity index (χ1n) is 7.87. The Labute approximate surface area is 139 Å². The van der Waals surface area contributed by atoms with Gasteiger partial charge in [-0.1, -0.05) is 30.3 Å². The lowest BCUT2D eigenvalue weighted by Gasteiger charge is -2.25. The van der Waals surface area contributed by atoms with Gasteiger partial charge in [-0.05, 0) is 30.5 Å². The molecular formula is C18H18N2O4. The SMILES string of the molecule is O=C(COc1ccc([N+](=O)[O-])cc1)N1CCC[C@H]1c1ccccc1. The molecule has 0 radical (unpaired) electrons. The van der Waals surface area contributed by atoms with Crippen molar-refractivity contribution in [1.29, 1.82) is 0 Å². The average molecular weight is 326 g/mol. The van der Waals surface area contributed by atoms with E-state index in [0.717, 1.165) is 24.9 Å². The Morgan fingerprint density at radius 1 is 1.17 bits per heavy atom. The maximum absolute atomic E-state index is 12.5. The molecule has 3 rings (SSSR count). The standard InChI is InChI=1S/C18H18N2O4/c21-18(13-24-16-10-8-15(9-11-16)20(22)23)19-12-4-7-17(19)14-5-2-1-3-6-14/h1-3,5-6,8-11,17H,4,7,12-13H2/t17-/m0/s1. The summed E-state index contributed by atoms with van der Waals surface area (Å²) in [5.41, 5.74) is 1.14. The van der Waals surface area contributed by atoms with Gasteiger partial charge < -0.3 is 9.64 Å². The average Bonchev–Trinajstić information content (AvgIpc) is 3.10. The molecule has 0 N–H and O–H groups in total. The summed E-state index contributed by atoms with van der Waals surface area (Å²) < 4.78 is 5.49. The highest BCUT2D eigenvalue weighted by Crippen LogP contribution is 2.31. The lowest BCUT2D eigenvalue weighted by atomic mass is 10.0. The molecule has 0 spiro atoms. The number of nitro groups is 1. The first kappa shape index (κ1) is 16.0. The van der Waals surface area contributed by atoms with Crippen LogP contribution in [0.25, 0.3) is 0 Å². The topological polar surface area (TPSA) is 72.7 Å². The van der Waals surface area contributed by atoms with E-state index in [-0.39, 0.29) is 24.2 Å². The lowest BCUT2D eigenvalue weighted by Crippen LogP contribution is -2.34. The second-order valence-electron chi connectivity index (χ2n) is 5.70. The predicted molar refractivity (Wildman–Crippen MR) is 88.7 cm³/mol. The van der Waals surface area contributed by atoms with Crippen molar-refractivity contribution in [1.82, 2.24) is 4.90 Å². The molecule has 2 aromatic carbocycles. The molecule has 0 aromatic heterocycles. The van der Waals surface area contributed by atoms with Gasteiger partial charge >= 0.3 is 0 Å². The van der Waals surface area contributed by atoms with E-state index in [4.69, 9.17) is 4.74 Å². The van der Waals surface area contributed by atoms with Gasteiger partial charge in [0, 0.05) is 18.7 Å². The van der Waals surface area contributed by atoms with Crippen LogP contribution in [0.4, 0.5) is 5.69 Å². The first-order valence-corrected chi connectivity index (χ1v) is 7.87. The van der Waals surface area contributed by atoms with Crippen LogP contribution in [0.2, 0.25) is 0 Å². The highest BCUT2D eigenvalue weighted by molar-refractivity contribution is 5.78. The molecule has 0 saturated carbocycles. The number of nitrogens with zero attached hydrogens (tertiary/aromatic N) is 2. The van der Waals surface area contributed by atoms with E-state index in [0.29, 0.717) is 5.75 Å². The molecule has 2 aromatic rings. The smallest absolute Gasteiger partial charge is 0.269 e. The number of likely N-dealkylation sites (tertiary alicyclic amines) is 1.